The van der Waals surface area contributed by atoms with Gasteiger partial charge in [-0.1, -0.05) is 6.08 Å². The molecular weight excluding hydrogens is 162 g/mol. The summed E-state index contributed by atoms with van der Waals surface area (Å²) in [6.45, 7) is 0. The maximum Gasteiger partial charge on any atom is 0.0881 e. The van der Waals surface area contributed by atoms with Crippen molar-refractivity contribution in [3.8, 4) is 0 Å². The van der Waals surface area contributed by atoms with E-state index in [9.17, 15) is 0 Å². The molecule has 0 radical (unpaired) electrons. The smallest absolute Gasteiger partial charge is 0.0881 e. The second-order valence-electron chi connectivity index (χ2n) is 2.86. The normalized spacial score (nSPS) is 11.4. The molecule has 0 aliphatic rings. The summed E-state index contributed by atoms with van der Waals surface area (Å²) in [6.07, 6.45) is 6.08. The molecule has 0 amide bonds. The summed E-state index contributed by atoms with van der Waals surface area (Å²) in [5, 5.41) is 0. The van der Waals surface area contributed by atoms with Crippen molar-refractivity contribution >= 4 is 11.0 Å². The van der Waals surface area contributed by atoms with E-state index < -0.39 is 0 Å². The number of hydrogen-bond donors (Lipinski definition) is 2. The Morgan fingerprint density at radius 3 is 3.23 bits per heavy atom. The molecule has 3 heteroatoms. The van der Waals surface area contributed by atoms with E-state index in [1.807, 2.05) is 24.3 Å². The van der Waals surface area contributed by atoms with Gasteiger partial charge in [0, 0.05) is 18.3 Å². The second kappa shape index (κ2) is 3.31. The van der Waals surface area contributed by atoms with Crippen LogP contribution in [0.25, 0.3) is 11.0 Å². The summed E-state index contributed by atoms with van der Waals surface area (Å²) in [5.74, 6) is 0. The van der Waals surface area contributed by atoms with Crippen molar-refractivity contribution in [2.24, 2.45) is 5.73 Å². The zero-order valence-corrected chi connectivity index (χ0v) is 7.20. The molecule has 2 aromatic rings. The van der Waals surface area contributed by atoms with Crippen LogP contribution < -0.4 is 5.73 Å². The summed E-state index contributed by atoms with van der Waals surface area (Å²) in [6, 6.07) is 5.97. The predicted molar refractivity (Wildman–Crippen MR) is 53.1 cm³/mol. The quantitative estimate of drug-likeness (QED) is 0.724. The van der Waals surface area contributed by atoms with E-state index in [1.165, 1.54) is 0 Å². The molecule has 3 nitrogen and oxygen atoms in total. The average Bonchev–Trinajstić information content (AvgIpc) is 2.57. The third-order valence-corrected chi connectivity index (χ3v) is 1.92. The molecule has 0 bridgehead atoms. The number of rotatable bonds is 2. The van der Waals surface area contributed by atoms with Crippen molar-refractivity contribution in [1.29, 1.82) is 0 Å². The first-order chi connectivity index (χ1) is 6.40. The molecule has 13 heavy (non-hydrogen) atoms. The first-order valence-corrected chi connectivity index (χ1v) is 4.19. The van der Waals surface area contributed by atoms with Crippen molar-refractivity contribution in [3.05, 3.63) is 42.4 Å². The molecule has 0 aliphatic heterocycles. The van der Waals surface area contributed by atoms with Gasteiger partial charge in [-0.05, 0) is 24.4 Å². The Bertz CT molecular complexity index is 395. The molecule has 2 aromatic heterocycles. The van der Waals surface area contributed by atoms with Gasteiger partial charge in [-0.2, -0.15) is 0 Å². The summed E-state index contributed by atoms with van der Waals surface area (Å²) >= 11 is 0. The van der Waals surface area contributed by atoms with E-state index >= 15 is 0 Å². The van der Waals surface area contributed by atoms with Crippen LogP contribution in [-0.4, -0.2) is 9.97 Å². The van der Waals surface area contributed by atoms with Crippen LogP contribution in [0, 0.1) is 0 Å². The van der Waals surface area contributed by atoms with Gasteiger partial charge in [0.15, 0.2) is 0 Å². The zero-order valence-electron chi connectivity index (χ0n) is 7.20. The maximum absolute atomic E-state index is 5.26. The van der Waals surface area contributed by atoms with E-state index in [-0.39, 0.29) is 0 Å². The number of aromatic amines is 1. The fraction of sp³-hybridized carbons (Fsp3) is 0.100. The summed E-state index contributed by atoms with van der Waals surface area (Å²) < 4.78 is 0. The lowest BCUT2D eigenvalue weighted by molar-refractivity contribution is 1.16. The highest BCUT2D eigenvalue weighted by atomic mass is 14.8. The molecule has 0 unspecified atom stereocenters. The number of nitrogens with one attached hydrogen (secondary N) is 1. The minimum atomic E-state index is 0.826. The van der Waals surface area contributed by atoms with Crippen molar-refractivity contribution in [2.45, 2.75) is 6.42 Å². The lowest BCUT2D eigenvalue weighted by Gasteiger charge is -1.86. The summed E-state index contributed by atoms with van der Waals surface area (Å²) in [7, 11) is 0. The molecule has 0 saturated carbocycles. The summed E-state index contributed by atoms with van der Waals surface area (Å²) in [4.78, 5) is 7.48. The highest BCUT2D eigenvalue weighted by Gasteiger charge is 1.97. The Hall–Kier alpha value is -1.77. The van der Waals surface area contributed by atoms with Gasteiger partial charge < -0.3 is 10.7 Å². The van der Waals surface area contributed by atoms with Crippen LogP contribution in [0.2, 0.25) is 0 Å². The summed E-state index contributed by atoms with van der Waals surface area (Å²) in [5.41, 5.74) is 8.47. The minimum absolute atomic E-state index is 0.826. The molecule has 0 spiro atoms. The Morgan fingerprint density at radius 2 is 2.46 bits per heavy atom. The van der Waals surface area contributed by atoms with Crippen molar-refractivity contribution in [2.75, 3.05) is 0 Å². The van der Waals surface area contributed by atoms with Crippen LogP contribution in [-0.2, 0) is 6.42 Å². The SMILES string of the molecule is NC=CCc1cc2ncccc2[nH]1. The number of allylic oxidation sites excluding steroid dienone is 1. The van der Waals surface area contributed by atoms with Gasteiger partial charge in [0.2, 0.25) is 0 Å². The standard InChI is InChI=1S/C10H11N3/c11-5-1-3-8-7-10-9(13-8)4-2-6-12-10/h1-2,4-7,13H,3,11H2. The number of hydrogen-bond acceptors (Lipinski definition) is 2. The van der Waals surface area contributed by atoms with Crippen LogP contribution in [0.4, 0.5) is 0 Å². The van der Waals surface area contributed by atoms with E-state index in [2.05, 4.69) is 9.97 Å². The van der Waals surface area contributed by atoms with Crippen molar-refractivity contribution in [1.82, 2.24) is 9.97 Å². The number of H-pyrrole nitrogens is 1. The molecule has 66 valence electrons. The van der Waals surface area contributed by atoms with Gasteiger partial charge in [0.05, 0.1) is 11.0 Å². The molecule has 3 N–H and O–H groups in total. The Kier molecular flexibility index (Phi) is 2.00. The third-order valence-electron chi connectivity index (χ3n) is 1.92. The molecule has 0 fully saturated rings. The topological polar surface area (TPSA) is 54.7 Å². The minimum Gasteiger partial charge on any atom is -0.405 e. The monoisotopic (exact) mass is 173 g/mol. The van der Waals surface area contributed by atoms with Crippen LogP contribution in [0.3, 0.4) is 0 Å². The number of fused-ring (bicyclic) bond motifs is 1. The van der Waals surface area contributed by atoms with E-state index in [0.717, 1.165) is 23.1 Å². The largest absolute Gasteiger partial charge is 0.405 e. The van der Waals surface area contributed by atoms with Crippen molar-refractivity contribution in [3.63, 3.8) is 0 Å². The van der Waals surface area contributed by atoms with Gasteiger partial charge >= 0.3 is 0 Å². The first kappa shape index (κ1) is 7.86. The van der Waals surface area contributed by atoms with Gasteiger partial charge in [0.25, 0.3) is 0 Å². The lowest BCUT2D eigenvalue weighted by atomic mass is 10.3. The zero-order chi connectivity index (χ0) is 9.10. The van der Waals surface area contributed by atoms with E-state index in [0.29, 0.717) is 0 Å². The second-order valence-corrected chi connectivity index (χ2v) is 2.86. The Balaban J connectivity index is 2.38. The van der Waals surface area contributed by atoms with Crippen LogP contribution in [0.15, 0.2) is 36.7 Å². The van der Waals surface area contributed by atoms with Gasteiger partial charge in [-0.25, -0.2) is 0 Å². The van der Waals surface area contributed by atoms with Crippen LogP contribution >= 0.6 is 0 Å². The molecule has 0 aromatic carbocycles. The third kappa shape index (κ3) is 1.54. The van der Waals surface area contributed by atoms with Crippen LogP contribution in [0.5, 0.6) is 0 Å². The van der Waals surface area contributed by atoms with Gasteiger partial charge in [0.1, 0.15) is 0 Å². The van der Waals surface area contributed by atoms with Crippen molar-refractivity contribution < 1.29 is 0 Å². The van der Waals surface area contributed by atoms with Gasteiger partial charge in [-0.3, -0.25) is 4.98 Å². The number of pyridine rings is 1. The lowest BCUT2D eigenvalue weighted by Crippen LogP contribution is -1.82. The highest BCUT2D eigenvalue weighted by Crippen LogP contribution is 2.12. The molecule has 0 saturated heterocycles. The molecule has 2 heterocycles. The molecular formula is C10H11N3. The fourth-order valence-electron chi connectivity index (χ4n) is 1.32. The Labute approximate surface area is 76.3 Å². The Morgan fingerprint density at radius 1 is 1.54 bits per heavy atom. The van der Waals surface area contributed by atoms with E-state index in [4.69, 9.17) is 5.73 Å². The molecule has 2 rings (SSSR count). The number of nitrogens with two attached hydrogens (primary N) is 1. The highest BCUT2D eigenvalue weighted by molar-refractivity contribution is 5.75. The molecule has 0 aliphatic carbocycles. The fourth-order valence-corrected chi connectivity index (χ4v) is 1.32. The first-order valence-electron chi connectivity index (χ1n) is 4.19. The predicted octanol–water partition coefficient (Wildman–Crippen LogP) is 1.58. The number of aromatic nitrogens is 2. The van der Waals surface area contributed by atoms with Crippen LogP contribution in [0.1, 0.15) is 5.69 Å². The van der Waals surface area contributed by atoms with E-state index in [1.54, 1.807) is 12.4 Å². The maximum atomic E-state index is 5.26. The number of nitrogens with zero attached hydrogens (tertiary/aromatic N) is 1. The van der Waals surface area contributed by atoms with Gasteiger partial charge in [-0.15, -0.1) is 0 Å². The average molecular weight is 173 g/mol. The molecule has 0 atom stereocenters.